The molecule has 0 saturated carbocycles. The second kappa shape index (κ2) is 10.4. The van der Waals surface area contributed by atoms with Crippen LogP contribution in [0.5, 0.6) is 0 Å². The number of fused-ring (bicyclic) bond motifs is 2. The number of pyridine rings is 1. The third-order valence-corrected chi connectivity index (χ3v) is 10.1. The van der Waals surface area contributed by atoms with Crippen molar-refractivity contribution in [2.75, 3.05) is 18.8 Å². The number of ether oxygens (including phenoxy) is 2. The zero-order valence-electron chi connectivity index (χ0n) is 23.1. The number of sulfone groups is 1. The maximum Gasteiger partial charge on any atom is 0.410 e. The predicted molar refractivity (Wildman–Crippen MR) is 147 cm³/mol. The molecule has 0 N–H and O–H groups in total. The molecule has 0 radical (unpaired) electrons. The van der Waals surface area contributed by atoms with Gasteiger partial charge in [-0.25, -0.2) is 13.2 Å². The van der Waals surface area contributed by atoms with E-state index in [1.165, 1.54) is 17.5 Å². The van der Waals surface area contributed by atoms with Crippen molar-refractivity contribution in [2.24, 2.45) is 0 Å². The molecular weight excluding hydrogens is 524 g/mol. The Morgan fingerprint density at radius 3 is 2.45 bits per heavy atom. The van der Waals surface area contributed by atoms with Crippen LogP contribution in [-0.4, -0.2) is 60.2 Å². The lowest BCUT2D eigenvalue weighted by Gasteiger charge is -2.49. The van der Waals surface area contributed by atoms with E-state index in [0.717, 1.165) is 16.9 Å². The Balaban J connectivity index is 1.47. The van der Waals surface area contributed by atoms with Gasteiger partial charge in [0.15, 0.2) is 15.6 Å². The fourth-order valence-corrected chi connectivity index (χ4v) is 7.29. The van der Waals surface area contributed by atoms with Gasteiger partial charge in [0, 0.05) is 42.7 Å². The molecule has 1 amide bonds. The minimum absolute atomic E-state index is 0.0244. The standard InChI is InChI=1S/C28H38N2O6S2/c1-7-38(33,34)21-10-8-20(29-18-21)9-11-22(31)23-16-19-17-27(5,6)36-28(24(19)37-23)12-14-30(15-13-28)25(32)35-26(2,3)4/h8,10,16,18H,7,9,11-15,17H2,1-6H3. The number of Topliss-reactive ketones (excluding diaryl/α,β-unsaturated/α-hetero) is 1. The summed E-state index contributed by atoms with van der Waals surface area (Å²) >= 11 is 1.50. The van der Waals surface area contributed by atoms with Gasteiger partial charge in [-0.3, -0.25) is 9.78 Å². The summed E-state index contributed by atoms with van der Waals surface area (Å²) in [7, 11) is -3.30. The van der Waals surface area contributed by atoms with Crippen LogP contribution in [0.3, 0.4) is 0 Å². The molecule has 2 aliphatic rings. The van der Waals surface area contributed by atoms with Gasteiger partial charge < -0.3 is 14.4 Å². The first-order chi connectivity index (χ1) is 17.6. The maximum absolute atomic E-state index is 13.2. The molecule has 38 heavy (non-hydrogen) atoms. The third kappa shape index (κ3) is 6.29. The van der Waals surface area contributed by atoms with Crippen molar-refractivity contribution in [3.05, 3.63) is 45.4 Å². The molecule has 2 aromatic heterocycles. The number of hydrogen-bond acceptors (Lipinski definition) is 8. The molecule has 1 saturated heterocycles. The number of amides is 1. The molecule has 10 heteroatoms. The van der Waals surface area contributed by atoms with Gasteiger partial charge in [-0.2, -0.15) is 0 Å². The molecule has 2 aliphatic heterocycles. The van der Waals surface area contributed by atoms with Gasteiger partial charge in [0.25, 0.3) is 0 Å². The number of hydrogen-bond donors (Lipinski definition) is 0. The van der Waals surface area contributed by atoms with E-state index in [1.807, 2.05) is 26.8 Å². The lowest BCUT2D eigenvalue weighted by Crippen LogP contribution is -2.52. The van der Waals surface area contributed by atoms with Crippen molar-refractivity contribution in [1.29, 1.82) is 0 Å². The maximum atomic E-state index is 13.2. The monoisotopic (exact) mass is 562 g/mol. The molecule has 4 rings (SSSR count). The Morgan fingerprint density at radius 1 is 1.18 bits per heavy atom. The van der Waals surface area contributed by atoms with Crippen molar-refractivity contribution in [3.8, 4) is 0 Å². The highest BCUT2D eigenvalue weighted by Crippen LogP contribution is 2.50. The highest BCUT2D eigenvalue weighted by molar-refractivity contribution is 7.91. The second-order valence-corrected chi connectivity index (χ2v) is 15.1. The van der Waals surface area contributed by atoms with Gasteiger partial charge in [-0.15, -0.1) is 11.3 Å². The molecule has 0 bridgehead atoms. The van der Waals surface area contributed by atoms with Crippen LogP contribution >= 0.6 is 11.3 Å². The fourth-order valence-electron chi connectivity index (χ4n) is 5.13. The van der Waals surface area contributed by atoms with Crippen molar-refractivity contribution >= 4 is 33.1 Å². The molecule has 4 heterocycles. The zero-order valence-corrected chi connectivity index (χ0v) is 24.8. The van der Waals surface area contributed by atoms with Crippen LogP contribution in [0.2, 0.25) is 0 Å². The Hall–Kier alpha value is -2.30. The molecule has 2 aromatic rings. The predicted octanol–water partition coefficient (Wildman–Crippen LogP) is 5.33. The molecule has 208 valence electrons. The number of carbonyl (C=O) groups excluding carboxylic acids is 2. The summed E-state index contributed by atoms with van der Waals surface area (Å²) in [5.41, 5.74) is 0.377. The second-order valence-electron chi connectivity index (χ2n) is 11.8. The normalized spacial score (nSPS) is 18.7. The third-order valence-electron chi connectivity index (χ3n) is 6.95. The molecule has 0 atom stereocenters. The molecule has 1 spiro atoms. The zero-order chi connectivity index (χ0) is 27.9. The van der Waals surface area contributed by atoms with Crippen LogP contribution in [-0.2, 0) is 37.8 Å². The molecule has 0 unspecified atom stereocenters. The lowest BCUT2D eigenvalue weighted by atomic mass is 9.81. The molecule has 0 aliphatic carbocycles. The fraction of sp³-hybridized carbons (Fsp3) is 0.607. The number of piperidine rings is 1. The van der Waals surface area contributed by atoms with Crippen LogP contribution in [0.4, 0.5) is 4.79 Å². The van der Waals surface area contributed by atoms with Crippen LogP contribution in [0.15, 0.2) is 29.3 Å². The number of thiophene rings is 1. The smallest absolute Gasteiger partial charge is 0.410 e. The minimum Gasteiger partial charge on any atom is -0.444 e. The van der Waals surface area contributed by atoms with Gasteiger partial charge in [0.2, 0.25) is 0 Å². The highest BCUT2D eigenvalue weighted by atomic mass is 32.2. The van der Waals surface area contributed by atoms with E-state index in [2.05, 4.69) is 18.8 Å². The number of carbonyl (C=O) groups is 2. The Labute approximate surface area is 229 Å². The van der Waals surface area contributed by atoms with E-state index in [0.29, 0.717) is 42.9 Å². The minimum atomic E-state index is -3.30. The summed E-state index contributed by atoms with van der Waals surface area (Å²) < 4.78 is 36.3. The Morgan fingerprint density at radius 2 is 1.87 bits per heavy atom. The Kier molecular flexibility index (Phi) is 7.82. The quantitative estimate of drug-likeness (QED) is 0.439. The van der Waals surface area contributed by atoms with E-state index in [1.54, 1.807) is 24.0 Å². The number of aryl methyl sites for hydroxylation is 1. The van der Waals surface area contributed by atoms with Crippen LogP contribution < -0.4 is 0 Å². The molecule has 0 aromatic carbocycles. The number of likely N-dealkylation sites (tertiary alicyclic amines) is 1. The first-order valence-corrected chi connectivity index (χ1v) is 15.6. The first kappa shape index (κ1) is 28.7. The van der Waals surface area contributed by atoms with E-state index >= 15 is 0 Å². The largest absolute Gasteiger partial charge is 0.444 e. The number of ketones is 1. The van der Waals surface area contributed by atoms with E-state index < -0.39 is 21.0 Å². The van der Waals surface area contributed by atoms with E-state index in [-0.39, 0.29) is 34.5 Å². The van der Waals surface area contributed by atoms with Crippen LogP contribution in [0.25, 0.3) is 0 Å². The van der Waals surface area contributed by atoms with E-state index in [9.17, 15) is 18.0 Å². The van der Waals surface area contributed by atoms with Gasteiger partial charge >= 0.3 is 6.09 Å². The SMILES string of the molecule is CCS(=O)(=O)c1ccc(CCC(=O)c2cc3c(s2)C2(CCN(C(=O)OC(C)(C)C)CC2)OC(C)(C)C3)nc1. The summed E-state index contributed by atoms with van der Waals surface area (Å²) in [4.78, 5) is 33.8. The van der Waals surface area contributed by atoms with Crippen molar-refractivity contribution in [1.82, 2.24) is 9.88 Å². The summed E-state index contributed by atoms with van der Waals surface area (Å²) in [5, 5.41) is 0. The average Bonchev–Trinajstić information content (AvgIpc) is 3.26. The van der Waals surface area contributed by atoms with Gasteiger partial charge in [0.1, 0.15) is 11.2 Å². The van der Waals surface area contributed by atoms with E-state index in [4.69, 9.17) is 9.47 Å². The summed E-state index contributed by atoms with van der Waals surface area (Å²) in [5.74, 6) is 0.0620. The van der Waals surface area contributed by atoms with Gasteiger partial charge in [-0.1, -0.05) is 6.92 Å². The number of nitrogens with zero attached hydrogens (tertiary/aromatic N) is 2. The number of rotatable bonds is 6. The number of aromatic nitrogens is 1. The molecular formula is C28H38N2O6S2. The van der Waals surface area contributed by atoms with Crippen molar-refractivity contribution in [2.45, 2.75) is 95.3 Å². The Bertz CT molecular complexity index is 1300. The van der Waals surface area contributed by atoms with Crippen LogP contribution in [0.1, 0.15) is 86.6 Å². The topological polar surface area (TPSA) is 103 Å². The van der Waals surface area contributed by atoms with Gasteiger partial charge in [-0.05, 0) is 77.6 Å². The summed E-state index contributed by atoms with van der Waals surface area (Å²) in [6, 6.07) is 5.25. The van der Waals surface area contributed by atoms with Crippen molar-refractivity contribution < 1.29 is 27.5 Å². The van der Waals surface area contributed by atoms with Crippen LogP contribution in [0, 0.1) is 0 Å². The molecule has 1 fully saturated rings. The van der Waals surface area contributed by atoms with Crippen molar-refractivity contribution in [3.63, 3.8) is 0 Å². The summed E-state index contributed by atoms with van der Waals surface area (Å²) in [6.45, 7) is 12.4. The summed E-state index contributed by atoms with van der Waals surface area (Å²) in [6.07, 6.45) is 3.80. The first-order valence-electron chi connectivity index (χ1n) is 13.2. The van der Waals surface area contributed by atoms with Gasteiger partial charge in [0.05, 0.1) is 21.1 Å². The molecule has 8 nitrogen and oxygen atoms in total. The average molecular weight is 563 g/mol. The lowest BCUT2D eigenvalue weighted by molar-refractivity contribution is -0.175. The highest BCUT2D eigenvalue weighted by Gasteiger charge is 2.48.